The van der Waals surface area contributed by atoms with Crippen molar-refractivity contribution in [3.63, 3.8) is 0 Å². The normalized spacial score (nSPS) is 35.7. The van der Waals surface area contributed by atoms with E-state index in [1.54, 1.807) is 0 Å². The van der Waals surface area contributed by atoms with Crippen LogP contribution in [0.25, 0.3) is 0 Å². The summed E-state index contributed by atoms with van der Waals surface area (Å²) in [6.07, 6.45) is 15.3. The molecule has 4 heteroatoms. The maximum atomic E-state index is 5.53. The molecule has 0 bridgehead atoms. The third-order valence-corrected chi connectivity index (χ3v) is 6.61. The fourth-order valence-corrected chi connectivity index (χ4v) is 4.82. The van der Waals surface area contributed by atoms with Crippen LogP contribution in [0.4, 0.5) is 0 Å². The van der Waals surface area contributed by atoms with Crippen LogP contribution < -0.4 is 30.4 Å². The molecule has 0 aromatic heterocycles. The number of rotatable bonds is 6. The molecule has 2 aliphatic rings. The molecule has 3 nitrogen and oxygen atoms in total. The van der Waals surface area contributed by atoms with Gasteiger partial charge in [0.2, 0.25) is 0 Å². The third-order valence-electron chi connectivity index (χ3n) is 5.29. The standard InChI is InChI=1S/C16H31IN2O/c1-20-16-8-6-15(7-9-16)14-4-2-13(3-5-14)10-11-19-17-12-18/h11,13-16,19H,2-10,12,18H2,1H3. The Bertz CT molecular complexity index is 282. The minimum absolute atomic E-state index is 0.0332. The predicted octanol–water partition coefficient (Wildman–Crippen LogP) is -1.54. The summed E-state index contributed by atoms with van der Waals surface area (Å²) in [6, 6.07) is 0. The molecule has 3 N–H and O–H groups in total. The summed E-state index contributed by atoms with van der Waals surface area (Å²) < 4.78 is 9.74. The zero-order chi connectivity index (χ0) is 14.2. The number of halogens is 1. The molecule has 0 heterocycles. The number of nitrogens with two attached hydrogens (primary N) is 1. The Morgan fingerprint density at radius 2 is 1.65 bits per heavy atom. The maximum absolute atomic E-state index is 5.53. The van der Waals surface area contributed by atoms with Gasteiger partial charge >= 0.3 is 128 Å². The summed E-state index contributed by atoms with van der Waals surface area (Å²) in [7, 11) is 1.87. The van der Waals surface area contributed by atoms with Crippen LogP contribution in [-0.4, -0.2) is 24.0 Å². The minimum atomic E-state index is 0.0332. The first-order valence-electron chi connectivity index (χ1n) is 8.21. The van der Waals surface area contributed by atoms with Gasteiger partial charge in [-0.1, -0.05) is 0 Å². The van der Waals surface area contributed by atoms with E-state index in [0.29, 0.717) is 6.10 Å². The second-order valence-corrected chi connectivity index (χ2v) is 8.66. The Labute approximate surface area is 134 Å². The molecule has 20 heavy (non-hydrogen) atoms. The number of nitrogens with one attached hydrogen (secondary N) is 1. The zero-order valence-corrected chi connectivity index (χ0v) is 15.0. The van der Waals surface area contributed by atoms with Crippen LogP contribution in [0.5, 0.6) is 0 Å². The van der Waals surface area contributed by atoms with Crippen LogP contribution in [0, 0.1) is 17.8 Å². The van der Waals surface area contributed by atoms with Gasteiger partial charge < -0.3 is 0 Å². The summed E-state index contributed by atoms with van der Waals surface area (Å²) in [5, 5.41) is 0. The van der Waals surface area contributed by atoms with Gasteiger partial charge in [-0.2, -0.15) is 0 Å². The van der Waals surface area contributed by atoms with Gasteiger partial charge in [0.15, 0.2) is 0 Å². The van der Waals surface area contributed by atoms with Gasteiger partial charge in [-0.3, -0.25) is 0 Å². The fraction of sp³-hybridized carbons (Fsp3) is 0.938. The van der Waals surface area contributed by atoms with Gasteiger partial charge in [-0.25, -0.2) is 0 Å². The molecule has 2 rings (SSSR count). The predicted molar refractivity (Wildman–Crippen MR) is 78.9 cm³/mol. The van der Waals surface area contributed by atoms with Crippen molar-refractivity contribution in [2.45, 2.75) is 63.9 Å². The van der Waals surface area contributed by atoms with Crippen molar-refractivity contribution in [1.29, 1.82) is 0 Å². The third kappa shape index (κ3) is 5.26. The molecule has 2 aliphatic carbocycles. The Kier molecular flexibility index (Phi) is 7.81. The number of ether oxygens (including phenoxy) is 1. The van der Waals surface area contributed by atoms with Gasteiger partial charge in [0.25, 0.3) is 0 Å². The summed E-state index contributed by atoms with van der Waals surface area (Å²) >= 11 is 0.0332. The number of methoxy groups -OCH3 is 1. The monoisotopic (exact) mass is 394 g/mol. The Morgan fingerprint density at radius 3 is 2.20 bits per heavy atom. The van der Waals surface area contributed by atoms with E-state index in [-0.39, 0.29) is 21.5 Å². The van der Waals surface area contributed by atoms with E-state index in [2.05, 4.69) is 9.42 Å². The van der Waals surface area contributed by atoms with Crippen LogP contribution in [0.15, 0.2) is 0 Å². The van der Waals surface area contributed by atoms with Crippen molar-refractivity contribution in [2.75, 3.05) is 11.7 Å². The fourth-order valence-electron chi connectivity index (χ4n) is 4.00. The van der Waals surface area contributed by atoms with E-state index in [0.717, 1.165) is 22.3 Å². The van der Waals surface area contributed by atoms with E-state index in [1.165, 1.54) is 57.8 Å². The quantitative estimate of drug-likeness (QED) is 0.189. The second kappa shape index (κ2) is 9.36. The second-order valence-electron chi connectivity index (χ2n) is 6.39. The summed E-state index contributed by atoms with van der Waals surface area (Å²) in [5.74, 6) is 2.93. The Morgan fingerprint density at radius 1 is 1.05 bits per heavy atom. The molecule has 2 fully saturated rings. The van der Waals surface area contributed by atoms with Gasteiger partial charge in [-0.05, 0) is 0 Å². The first kappa shape index (κ1) is 16.7. The van der Waals surface area contributed by atoms with Crippen molar-refractivity contribution in [1.82, 2.24) is 0 Å². The molecular formula is C16H31IN2O. The summed E-state index contributed by atoms with van der Waals surface area (Å²) in [4.78, 5) is 0. The van der Waals surface area contributed by atoms with E-state index < -0.39 is 0 Å². The van der Waals surface area contributed by atoms with Crippen LogP contribution >= 0.6 is 0 Å². The van der Waals surface area contributed by atoms with E-state index >= 15 is 0 Å². The van der Waals surface area contributed by atoms with E-state index in [9.17, 15) is 0 Å². The van der Waals surface area contributed by atoms with Gasteiger partial charge in [0.1, 0.15) is 0 Å². The SMILES string of the molecule is COC1CCC(C2CCC(CC=[NH+][I-]CN)CC2)CC1. The average Bonchev–Trinajstić information content (AvgIpc) is 2.52. The molecular weight excluding hydrogens is 363 g/mol. The zero-order valence-electron chi connectivity index (χ0n) is 12.8. The number of hydrogen-bond acceptors (Lipinski definition) is 2. The summed E-state index contributed by atoms with van der Waals surface area (Å²) in [6.45, 7) is 0. The number of alkyl halides is 1. The van der Waals surface area contributed by atoms with Gasteiger partial charge in [0, 0.05) is 7.11 Å². The van der Waals surface area contributed by atoms with Crippen molar-refractivity contribution in [2.24, 2.45) is 23.5 Å². The van der Waals surface area contributed by atoms with Crippen molar-refractivity contribution < 1.29 is 29.4 Å². The molecule has 0 radical (unpaired) electrons. The average molecular weight is 394 g/mol. The van der Waals surface area contributed by atoms with Crippen molar-refractivity contribution in [3.05, 3.63) is 0 Å². The van der Waals surface area contributed by atoms with Gasteiger partial charge in [-0.15, -0.1) is 0 Å². The van der Waals surface area contributed by atoms with Crippen LogP contribution in [-0.2, 0) is 4.74 Å². The molecule has 0 aromatic rings. The molecule has 0 spiro atoms. The first-order valence-corrected chi connectivity index (χ1v) is 10.8. The molecule has 0 aromatic carbocycles. The molecule has 0 saturated heterocycles. The van der Waals surface area contributed by atoms with Gasteiger partial charge in [0.05, 0.1) is 0 Å². The number of hydrogen-bond donors (Lipinski definition) is 2. The van der Waals surface area contributed by atoms with E-state index in [1.807, 2.05) is 7.11 Å². The topological polar surface area (TPSA) is 49.2 Å². The molecule has 0 unspecified atom stereocenters. The molecule has 2 saturated carbocycles. The first-order chi connectivity index (χ1) is 9.83. The molecule has 118 valence electrons. The summed E-state index contributed by atoms with van der Waals surface area (Å²) in [5.41, 5.74) is 5.53. The van der Waals surface area contributed by atoms with Crippen LogP contribution in [0.1, 0.15) is 57.8 Å². The van der Waals surface area contributed by atoms with Crippen LogP contribution in [0.3, 0.4) is 0 Å². The van der Waals surface area contributed by atoms with Crippen molar-refractivity contribution >= 4 is 6.21 Å². The van der Waals surface area contributed by atoms with Crippen LogP contribution in [0.2, 0.25) is 0 Å². The Hall–Kier alpha value is 0.320. The van der Waals surface area contributed by atoms with E-state index in [4.69, 9.17) is 10.5 Å². The Balaban J connectivity index is 1.64. The molecule has 0 aliphatic heterocycles. The molecule has 0 atom stereocenters. The molecule has 0 amide bonds. The van der Waals surface area contributed by atoms with Crippen molar-refractivity contribution in [3.8, 4) is 0 Å².